The summed E-state index contributed by atoms with van der Waals surface area (Å²) in [5.41, 5.74) is 16.0. The summed E-state index contributed by atoms with van der Waals surface area (Å²) in [6.07, 6.45) is 3.58. The van der Waals surface area contributed by atoms with Crippen LogP contribution >= 0.6 is 0 Å². The van der Waals surface area contributed by atoms with Crippen LogP contribution in [0.15, 0.2) is 232 Å². The zero-order valence-corrected chi connectivity index (χ0v) is 46.5. The Labute approximate surface area is 485 Å². The molecule has 11 aromatic carbocycles. The van der Waals surface area contributed by atoms with Gasteiger partial charge in [-0.3, -0.25) is 0 Å². The molecule has 0 heterocycles. The van der Waals surface area contributed by atoms with Gasteiger partial charge in [0.05, 0.1) is 22.2 Å². The van der Waals surface area contributed by atoms with E-state index < -0.39 is 57.1 Å². The molecule has 0 spiro atoms. The van der Waals surface area contributed by atoms with Gasteiger partial charge in [-0.2, -0.15) is 0 Å². The Bertz CT molecular complexity index is 4200. The maximum absolute atomic E-state index is 16.8. The zero-order chi connectivity index (χ0) is 58.3. The van der Waals surface area contributed by atoms with Crippen LogP contribution in [-0.2, 0) is 10.8 Å². The molecule has 410 valence electrons. The molecule has 2 aliphatic rings. The molecule has 0 amide bonds. The molecular weight excluding hydrogens is 1050 g/mol. The van der Waals surface area contributed by atoms with Crippen LogP contribution in [0.25, 0.3) is 34.4 Å². The first-order valence-corrected chi connectivity index (χ1v) is 27.7. The monoisotopic (exact) mass is 1110 g/mol. The molecular formula is C76H54F6N2. The largest absolute Gasteiger partial charge is 0.307 e. The van der Waals surface area contributed by atoms with Crippen molar-refractivity contribution in [2.75, 3.05) is 9.80 Å². The molecule has 2 atom stereocenters. The van der Waals surface area contributed by atoms with Crippen LogP contribution in [0.2, 0.25) is 0 Å². The first-order chi connectivity index (χ1) is 40.6. The van der Waals surface area contributed by atoms with Crippen molar-refractivity contribution < 1.29 is 26.3 Å². The average Bonchev–Trinajstić information content (AvgIpc) is 1.93. The molecule has 84 heavy (non-hydrogen) atoms. The number of hydrogen-bond acceptors (Lipinski definition) is 2. The fraction of sp³-hybridized carbons (Fsp3) is 0.0789. The van der Waals surface area contributed by atoms with Gasteiger partial charge in [0.15, 0.2) is 23.3 Å². The average molecular weight is 1110 g/mol. The van der Waals surface area contributed by atoms with E-state index in [9.17, 15) is 0 Å². The van der Waals surface area contributed by atoms with E-state index in [1.54, 1.807) is 48.6 Å². The van der Waals surface area contributed by atoms with Crippen molar-refractivity contribution in [2.45, 2.75) is 38.5 Å². The van der Waals surface area contributed by atoms with Crippen LogP contribution in [-0.4, -0.2) is 0 Å². The Kier molecular flexibility index (Phi) is 13.0. The Hall–Kier alpha value is -9.92. The molecule has 0 aliphatic heterocycles. The topological polar surface area (TPSA) is 6.48 Å². The SMILES string of the molecule is C=Cc1ccc(C2(c3cc(C)ccc3C)c3ccccc3-c3ccc(N(c4ccc(N(c5ccc6c(c5)C(c5ccc(C=C)cc5)(c5cc(C)ccc5C)c5ccccc5-6)c5cc(F)cc(F)c5F)cc4)c4cc(F)cc(F)c4F)cc32)cc1. The van der Waals surface area contributed by atoms with Crippen LogP contribution < -0.4 is 9.80 Å². The number of hydrogen-bond donors (Lipinski definition) is 0. The number of anilines is 6. The van der Waals surface area contributed by atoms with Crippen LogP contribution in [0.3, 0.4) is 0 Å². The highest BCUT2D eigenvalue weighted by Gasteiger charge is 2.49. The molecule has 0 N–H and O–H groups in total. The van der Waals surface area contributed by atoms with Gasteiger partial charge in [0.2, 0.25) is 0 Å². The predicted octanol–water partition coefficient (Wildman–Crippen LogP) is 20.7. The number of benzene rings is 11. The molecule has 0 aromatic heterocycles. The lowest BCUT2D eigenvalue weighted by Gasteiger charge is -2.36. The minimum atomic E-state index is -1.39. The van der Waals surface area contributed by atoms with E-state index >= 15 is 26.3 Å². The molecule has 2 unspecified atom stereocenters. The summed E-state index contributed by atoms with van der Waals surface area (Å²) in [5.74, 6) is -7.39. The van der Waals surface area contributed by atoms with Crippen molar-refractivity contribution in [2.24, 2.45) is 0 Å². The summed E-state index contributed by atoms with van der Waals surface area (Å²) >= 11 is 0. The van der Waals surface area contributed by atoms with Crippen molar-refractivity contribution in [3.8, 4) is 22.3 Å². The molecule has 8 heteroatoms. The Morgan fingerprint density at radius 3 is 1.07 bits per heavy atom. The minimum absolute atomic E-state index is 0.262. The highest BCUT2D eigenvalue weighted by atomic mass is 19.2. The standard InChI is InChI=1S/C76H54F6N2/c1-7-49-21-25-51(26-22-49)75(65-37-45(3)17-19-47(65)5)63-15-11-9-13-59(63)61-35-33-57(43-67(61)75)83(71-41-53(77)39-69(79)73(71)81)55-29-31-56(32-30-55)84(72-42-54(78)40-70(80)74(72)82)58-34-36-62-60-14-10-12-16-64(60)76(68(62)44-58,52-27-23-50(8-2)24-28-52)66-38-46(4)18-20-48(66)6/h7-44H,1-2H2,3-6H3. The molecule has 0 saturated heterocycles. The van der Waals surface area contributed by atoms with Crippen LogP contribution in [0.1, 0.15) is 77.9 Å². The van der Waals surface area contributed by atoms with Crippen molar-refractivity contribution in [1.29, 1.82) is 0 Å². The highest BCUT2D eigenvalue weighted by Crippen LogP contribution is 2.60. The van der Waals surface area contributed by atoms with E-state index in [-0.39, 0.29) is 11.4 Å². The Balaban J connectivity index is 1.03. The third kappa shape index (κ3) is 8.25. The molecule has 0 radical (unpaired) electrons. The van der Waals surface area contributed by atoms with E-state index in [4.69, 9.17) is 0 Å². The number of halogens is 6. The van der Waals surface area contributed by atoms with Crippen LogP contribution in [0.4, 0.5) is 60.5 Å². The van der Waals surface area contributed by atoms with Crippen molar-refractivity contribution in [3.05, 3.63) is 344 Å². The van der Waals surface area contributed by atoms with Gasteiger partial charge >= 0.3 is 0 Å². The number of rotatable bonds is 12. The molecule has 13 rings (SSSR count). The second kappa shape index (κ2) is 20.5. The van der Waals surface area contributed by atoms with Gasteiger partial charge in [0, 0.05) is 47.0 Å². The van der Waals surface area contributed by atoms with Crippen LogP contribution in [0.5, 0.6) is 0 Å². The second-order valence-corrected chi connectivity index (χ2v) is 22.0. The third-order valence-corrected chi connectivity index (χ3v) is 17.1. The zero-order valence-electron chi connectivity index (χ0n) is 46.5. The van der Waals surface area contributed by atoms with Gasteiger partial charge in [-0.05, 0) is 165 Å². The summed E-state index contributed by atoms with van der Waals surface area (Å²) in [4.78, 5) is 2.91. The second-order valence-electron chi connectivity index (χ2n) is 22.0. The van der Waals surface area contributed by atoms with Crippen molar-refractivity contribution in [3.63, 3.8) is 0 Å². The molecule has 2 aliphatic carbocycles. The van der Waals surface area contributed by atoms with E-state index in [1.165, 1.54) is 9.80 Å². The van der Waals surface area contributed by atoms with Crippen molar-refractivity contribution in [1.82, 2.24) is 0 Å². The van der Waals surface area contributed by atoms with Crippen molar-refractivity contribution >= 4 is 46.3 Å². The quantitative estimate of drug-likeness (QED) is 0.0889. The van der Waals surface area contributed by atoms with Gasteiger partial charge in [-0.15, -0.1) is 0 Å². The summed E-state index contributed by atoms with van der Waals surface area (Å²) in [5, 5.41) is 0. The highest BCUT2D eigenvalue weighted by molar-refractivity contribution is 5.92. The van der Waals surface area contributed by atoms with Gasteiger partial charge in [-0.25, -0.2) is 26.3 Å². The van der Waals surface area contributed by atoms with Crippen LogP contribution in [0, 0.1) is 62.6 Å². The molecule has 11 aromatic rings. The normalized spacial score (nSPS) is 15.5. The van der Waals surface area contributed by atoms with E-state index in [0.29, 0.717) is 23.5 Å². The third-order valence-electron chi connectivity index (χ3n) is 17.1. The summed E-state index contributed by atoms with van der Waals surface area (Å²) in [7, 11) is 0. The minimum Gasteiger partial charge on any atom is -0.307 e. The predicted molar refractivity (Wildman–Crippen MR) is 329 cm³/mol. The van der Waals surface area contributed by atoms with E-state index in [0.717, 1.165) is 112 Å². The molecule has 0 bridgehead atoms. The smallest absolute Gasteiger partial charge is 0.182 e. The maximum Gasteiger partial charge on any atom is 0.182 e. The van der Waals surface area contributed by atoms with Gasteiger partial charge in [-0.1, -0.05) is 182 Å². The number of fused-ring (bicyclic) bond motifs is 6. The fourth-order valence-corrected chi connectivity index (χ4v) is 13.4. The Morgan fingerprint density at radius 2 is 0.690 bits per heavy atom. The maximum atomic E-state index is 16.8. The van der Waals surface area contributed by atoms with E-state index in [1.807, 2.05) is 72.8 Å². The van der Waals surface area contributed by atoms with E-state index in [2.05, 4.69) is 126 Å². The molecule has 2 nitrogen and oxygen atoms in total. The molecule has 0 fully saturated rings. The lowest BCUT2D eigenvalue weighted by atomic mass is 9.66. The Morgan fingerprint density at radius 1 is 0.333 bits per heavy atom. The summed E-state index contributed by atoms with van der Waals surface area (Å²) < 4.78 is 96.6. The van der Waals surface area contributed by atoms with Gasteiger partial charge in [0.1, 0.15) is 11.6 Å². The lowest BCUT2D eigenvalue weighted by molar-refractivity contribution is 0.496. The lowest BCUT2D eigenvalue weighted by Crippen LogP contribution is -2.30. The number of nitrogens with zero attached hydrogens (tertiary/aromatic N) is 2. The first kappa shape index (κ1) is 53.4. The van der Waals surface area contributed by atoms with Gasteiger partial charge < -0.3 is 9.80 Å². The summed E-state index contributed by atoms with van der Waals surface area (Å²) in [6, 6.07) is 66.5. The fourth-order valence-electron chi connectivity index (χ4n) is 13.4. The summed E-state index contributed by atoms with van der Waals surface area (Å²) in [6.45, 7) is 16.3. The number of aryl methyl sites for hydroxylation is 4. The van der Waals surface area contributed by atoms with Gasteiger partial charge in [0.25, 0.3) is 0 Å². The first-order valence-electron chi connectivity index (χ1n) is 27.7. The molecule has 0 saturated carbocycles.